The zero-order chi connectivity index (χ0) is 20.5. The number of benzene rings is 2. The van der Waals surface area contributed by atoms with Crippen LogP contribution < -0.4 is 20.1 Å². The minimum Gasteiger partial charge on any atom is -0.494 e. The molecule has 6 heteroatoms. The minimum absolute atomic E-state index is 0.0653. The summed E-state index contributed by atoms with van der Waals surface area (Å²) < 4.78 is 11.0. The van der Waals surface area contributed by atoms with Crippen LogP contribution in [0.5, 0.6) is 11.5 Å². The molecule has 6 nitrogen and oxygen atoms in total. The van der Waals surface area contributed by atoms with Crippen LogP contribution in [-0.2, 0) is 4.79 Å². The van der Waals surface area contributed by atoms with Gasteiger partial charge in [0.15, 0.2) is 6.61 Å². The summed E-state index contributed by atoms with van der Waals surface area (Å²) in [7, 11) is 0. The van der Waals surface area contributed by atoms with Crippen molar-refractivity contribution < 1.29 is 19.1 Å². The Morgan fingerprint density at radius 1 is 0.931 bits per heavy atom. The Morgan fingerprint density at radius 3 is 2.17 bits per heavy atom. The van der Waals surface area contributed by atoms with Crippen molar-refractivity contribution in [2.75, 3.05) is 18.5 Å². The van der Waals surface area contributed by atoms with Crippen molar-refractivity contribution in [3.63, 3.8) is 0 Å². The fourth-order valence-electron chi connectivity index (χ4n) is 3.24. The molecule has 0 radical (unpaired) electrons. The van der Waals surface area contributed by atoms with E-state index >= 15 is 0 Å². The lowest BCUT2D eigenvalue weighted by atomic mass is 10.1. The highest BCUT2D eigenvalue weighted by molar-refractivity contribution is 5.96. The molecule has 0 bridgehead atoms. The van der Waals surface area contributed by atoms with Crippen LogP contribution in [0.4, 0.5) is 5.69 Å². The molecule has 0 aliphatic heterocycles. The van der Waals surface area contributed by atoms with Crippen molar-refractivity contribution in [1.29, 1.82) is 0 Å². The monoisotopic (exact) mass is 396 g/mol. The van der Waals surface area contributed by atoms with E-state index in [-0.39, 0.29) is 24.5 Å². The molecule has 2 aromatic carbocycles. The quantitative estimate of drug-likeness (QED) is 0.667. The van der Waals surface area contributed by atoms with Gasteiger partial charge in [0, 0.05) is 17.3 Å². The van der Waals surface area contributed by atoms with Gasteiger partial charge in [0.25, 0.3) is 11.8 Å². The topological polar surface area (TPSA) is 76.7 Å². The minimum atomic E-state index is -0.264. The summed E-state index contributed by atoms with van der Waals surface area (Å²) in [6.07, 6.45) is 5.40. The smallest absolute Gasteiger partial charge is 0.262 e. The average molecular weight is 396 g/mol. The van der Waals surface area contributed by atoms with E-state index in [4.69, 9.17) is 9.47 Å². The SMILES string of the molecule is CCCOc1ccc(OCC(=O)Nc2ccc(C(=O)NC3CCCC3)cc2)cc1. The molecule has 1 fully saturated rings. The number of anilines is 1. The van der Waals surface area contributed by atoms with Gasteiger partial charge in [0.2, 0.25) is 0 Å². The highest BCUT2D eigenvalue weighted by atomic mass is 16.5. The third kappa shape index (κ3) is 6.52. The Balaban J connectivity index is 1.43. The summed E-state index contributed by atoms with van der Waals surface area (Å²) in [4.78, 5) is 24.4. The maximum Gasteiger partial charge on any atom is 0.262 e. The number of ether oxygens (including phenoxy) is 2. The lowest BCUT2D eigenvalue weighted by Crippen LogP contribution is -2.32. The Hall–Kier alpha value is -3.02. The third-order valence-corrected chi connectivity index (χ3v) is 4.79. The summed E-state index contributed by atoms with van der Waals surface area (Å²) in [5, 5.41) is 5.82. The highest BCUT2D eigenvalue weighted by Crippen LogP contribution is 2.19. The van der Waals surface area contributed by atoms with Crippen LogP contribution in [0.25, 0.3) is 0 Å². The van der Waals surface area contributed by atoms with Crippen LogP contribution in [0, 0.1) is 0 Å². The average Bonchev–Trinajstić information content (AvgIpc) is 3.25. The normalized spacial score (nSPS) is 13.7. The molecule has 0 heterocycles. The van der Waals surface area contributed by atoms with Crippen molar-refractivity contribution in [2.45, 2.75) is 45.1 Å². The first-order chi connectivity index (χ1) is 14.1. The van der Waals surface area contributed by atoms with Crippen LogP contribution in [-0.4, -0.2) is 31.1 Å². The number of nitrogens with one attached hydrogen (secondary N) is 2. The second-order valence-electron chi connectivity index (χ2n) is 7.19. The first kappa shape index (κ1) is 20.7. The van der Waals surface area contributed by atoms with Gasteiger partial charge in [-0.15, -0.1) is 0 Å². The first-order valence-corrected chi connectivity index (χ1v) is 10.2. The van der Waals surface area contributed by atoms with Crippen molar-refractivity contribution in [3.8, 4) is 11.5 Å². The van der Waals surface area contributed by atoms with Crippen molar-refractivity contribution in [1.82, 2.24) is 5.32 Å². The first-order valence-electron chi connectivity index (χ1n) is 10.2. The predicted molar refractivity (Wildman–Crippen MR) is 113 cm³/mol. The van der Waals surface area contributed by atoms with Gasteiger partial charge in [-0.25, -0.2) is 0 Å². The Kier molecular flexibility index (Phi) is 7.50. The van der Waals surface area contributed by atoms with Gasteiger partial charge >= 0.3 is 0 Å². The van der Waals surface area contributed by atoms with Gasteiger partial charge in [-0.2, -0.15) is 0 Å². The van der Waals surface area contributed by atoms with Crippen molar-refractivity contribution >= 4 is 17.5 Å². The molecule has 29 heavy (non-hydrogen) atoms. The zero-order valence-corrected chi connectivity index (χ0v) is 16.8. The lowest BCUT2D eigenvalue weighted by molar-refractivity contribution is -0.118. The van der Waals surface area contributed by atoms with E-state index in [2.05, 4.69) is 17.6 Å². The van der Waals surface area contributed by atoms with Crippen LogP contribution in [0.3, 0.4) is 0 Å². The number of carbonyl (C=O) groups excluding carboxylic acids is 2. The fraction of sp³-hybridized carbons (Fsp3) is 0.391. The molecule has 2 amide bonds. The van der Waals surface area contributed by atoms with E-state index in [0.717, 1.165) is 25.0 Å². The van der Waals surface area contributed by atoms with Crippen LogP contribution >= 0.6 is 0 Å². The van der Waals surface area contributed by atoms with Crippen LogP contribution in [0.2, 0.25) is 0 Å². The van der Waals surface area contributed by atoms with Gasteiger partial charge in [-0.1, -0.05) is 19.8 Å². The molecule has 1 aliphatic carbocycles. The number of carbonyl (C=O) groups is 2. The van der Waals surface area contributed by atoms with Crippen molar-refractivity contribution in [3.05, 3.63) is 54.1 Å². The Bertz CT molecular complexity index is 797. The Morgan fingerprint density at radius 2 is 1.55 bits per heavy atom. The number of hydrogen-bond donors (Lipinski definition) is 2. The molecule has 0 aromatic heterocycles. The number of amides is 2. The molecule has 0 unspecified atom stereocenters. The molecule has 2 N–H and O–H groups in total. The van der Waals surface area contributed by atoms with Crippen LogP contribution in [0.15, 0.2) is 48.5 Å². The third-order valence-electron chi connectivity index (χ3n) is 4.79. The lowest BCUT2D eigenvalue weighted by Gasteiger charge is -2.12. The molecule has 0 spiro atoms. The molecule has 0 atom stereocenters. The van der Waals surface area contributed by atoms with Gasteiger partial charge in [-0.3, -0.25) is 9.59 Å². The van der Waals surface area contributed by atoms with Gasteiger partial charge in [0.05, 0.1) is 6.61 Å². The van der Waals surface area contributed by atoms with Gasteiger partial charge in [0.1, 0.15) is 11.5 Å². The summed E-state index contributed by atoms with van der Waals surface area (Å²) in [5.41, 5.74) is 1.22. The van der Waals surface area contributed by atoms with E-state index in [9.17, 15) is 9.59 Å². The van der Waals surface area contributed by atoms with E-state index in [0.29, 0.717) is 23.6 Å². The summed E-state index contributed by atoms with van der Waals surface area (Å²) >= 11 is 0. The molecule has 154 valence electrons. The van der Waals surface area contributed by atoms with E-state index in [1.165, 1.54) is 12.8 Å². The molecule has 0 saturated heterocycles. The predicted octanol–water partition coefficient (Wildman–Crippen LogP) is 4.17. The van der Waals surface area contributed by atoms with Crippen LogP contribution in [0.1, 0.15) is 49.4 Å². The summed E-state index contributed by atoms with van der Waals surface area (Å²) in [6, 6.07) is 14.3. The molecule has 2 aromatic rings. The van der Waals surface area contributed by atoms with E-state index < -0.39 is 0 Å². The maximum absolute atomic E-state index is 12.2. The van der Waals surface area contributed by atoms with E-state index in [1.54, 1.807) is 36.4 Å². The van der Waals surface area contributed by atoms with Gasteiger partial charge < -0.3 is 20.1 Å². The standard InChI is InChI=1S/C23H28N2O4/c1-2-15-28-20-11-13-21(14-12-20)29-16-22(26)24-19-9-7-17(8-10-19)23(27)25-18-5-3-4-6-18/h7-14,18H,2-6,15-16H2,1H3,(H,24,26)(H,25,27). The molecule has 1 aliphatic rings. The maximum atomic E-state index is 12.2. The highest BCUT2D eigenvalue weighted by Gasteiger charge is 2.17. The number of rotatable bonds is 9. The largest absolute Gasteiger partial charge is 0.494 e. The Labute approximate surface area is 171 Å². The fourth-order valence-corrected chi connectivity index (χ4v) is 3.24. The second-order valence-corrected chi connectivity index (χ2v) is 7.19. The molecular formula is C23H28N2O4. The summed E-state index contributed by atoms with van der Waals surface area (Å²) in [6.45, 7) is 2.62. The molecular weight excluding hydrogens is 368 g/mol. The summed E-state index contributed by atoms with van der Waals surface area (Å²) in [5.74, 6) is 1.05. The van der Waals surface area contributed by atoms with Crippen molar-refractivity contribution in [2.24, 2.45) is 0 Å². The second kappa shape index (κ2) is 10.5. The molecule has 3 rings (SSSR count). The van der Waals surface area contributed by atoms with Gasteiger partial charge in [-0.05, 0) is 67.8 Å². The zero-order valence-electron chi connectivity index (χ0n) is 16.8. The number of hydrogen-bond acceptors (Lipinski definition) is 4. The van der Waals surface area contributed by atoms with E-state index in [1.807, 2.05) is 12.1 Å². The molecule has 1 saturated carbocycles.